The van der Waals surface area contributed by atoms with Crippen molar-refractivity contribution >= 4 is 0 Å². The lowest BCUT2D eigenvalue weighted by Gasteiger charge is -2.60. The van der Waals surface area contributed by atoms with Crippen molar-refractivity contribution in [2.45, 2.75) is 91.9 Å². The number of rotatable bonds is 2. The zero-order valence-electron chi connectivity index (χ0n) is 16.1. The lowest BCUT2D eigenvalue weighted by molar-refractivity contribution is -0.0921. The maximum Gasteiger partial charge on any atom is -0.0264 e. The molecule has 0 heteroatoms. The minimum Gasteiger partial charge on any atom is -0.0651 e. The molecular formula is C23H39. The smallest absolute Gasteiger partial charge is 0.0264 e. The first kappa shape index (κ1) is 16.5. The van der Waals surface area contributed by atoms with Gasteiger partial charge >= 0.3 is 0 Å². The molecule has 4 saturated carbocycles. The van der Waals surface area contributed by atoms with Crippen LogP contribution in [0.1, 0.15) is 91.9 Å². The van der Waals surface area contributed by atoms with Crippen molar-refractivity contribution in [1.82, 2.24) is 0 Å². The van der Waals surface area contributed by atoms with Crippen LogP contribution in [-0.2, 0) is 0 Å². The van der Waals surface area contributed by atoms with Gasteiger partial charge in [0.2, 0.25) is 0 Å². The van der Waals surface area contributed by atoms with Gasteiger partial charge in [-0.3, -0.25) is 0 Å². The Labute approximate surface area is 145 Å². The third kappa shape index (κ3) is 2.29. The Morgan fingerprint density at radius 2 is 1.74 bits per heavy atom. The first-order valence-electron chi connectivity index (χ1n) is 10.8. The van der Waals surface area contributed by atoms with Gasteiger partial charge in [0.1, 0.15) is 0 Å². The third-order valence-corrected chi connectivity index (χ3v) is 9.73. The predicted molar refractivity (Wildman–Crippen MR) is 99.0 cm³/mol. The highest BCUT2D eigenvalue weighted by atomic mass is 14.6. The van der Waals surface area contributed by atoms with Gasteiger partial charge in [0, 0.05) is 0 Å². The minimum absolute atomic E-state index is 0.658. The van der Waals surface area contributed by atoms with Crippen LogP contribution in [0.3, 0.4) is 0 Å². The van der Waals surface area contributed by atoms with Gasteiger partial charge in [0.15, 0.2) is 0 Å². The normalized spacial score (nSPS) is 54.0. The van der Waals surface area contributed by atoms with E-state index < -0.39 is 0 Å². The molecule has 0 aromatic carbocycles. The second-order valence-electron chi connectivity index (χ2n) is 10.3. The topological polar surface area (TPSA) is 0 Å². The summed E-state index contributed by atoms with van der Waals surface area (Å²) in [5.74, 6) is 5.96. The molecule has 4 aliphatic carbocycles. The van der Waals surface area contributed by atoms with Gasteiger partial charge in [-0.05, 0) is 97.7 Å². The van der Waals surface area contributed by atoms with Crippen LogP contribution in [0.5, 0.6) is 0 Å². The molecule has 0 aromatic heterocycles. The van der Waals surface area contributed by atoms with Crippen LogP contribution >= 0.6 is 0 Å². The van der Waals surface area contributed by atoms with Gasteiger partial charge in [0.05, 0.1) is 0 Å². The van der Waals surface area contributed by atoms with E-state index >= 15 is 0 Å². The molecule has 4 aliphatic rings. The molecule has 4 fully saturated rings. The van der Waals surface area contributed by atoms with E-state index in [1.807, 2.05) is 0 Å². The third-order valence-electron chi connectivity index (χ3n) is 9.73. The molecule has 23 heavy (non-hydrogen) atoms. The van der Waals surface area contributed by atoms with Gasteiger partial charge < -0.3 is 0 Å². The Hall–Kier alpha value is 0. The van der Waals surface area contributed by atoms with E-state index in [2.05, 4.69) is 34.1 Å². The predicted octanol–water partition coefficient (Wildman–Crippen LogP) is 6.90. The van der Waals surface area contributed by atoms with Crippen LogP contribution in [0, 0.1) is 52.8 Å². The molecule has 0 aliphatic heterocycles. The van der Waals surface area contributed by atoms with Crippen LogP contribution in [0.2, 0.25) is 0 Å². The van der Waals surface area contributed by atoms with Crippen molar-refractivity contribution < 1.29 is 0 Å². The van der Waals surface area contributed by atoms with E-state index in [0.717, 1.165) is 35.5 Å². The van der Waals surface area contributed by atoms with Crippen molar-refractivity contribution in [2.24, 2.45) is 46.3 Å². The number of hydrogen-bond donors (Lipinski definition) is 0. The Morgan fingerprint density at radius 3 is 2.52 bits per heavy atom. The second kappa shape index (κ2) is 5.77. The quantitative estimate of drug-likeness (QED) is 0.520. The van der Waals surface area contributed by atoms with Crippen molar-refractivity contribution in [3.63, 3.8) is 0 Å². The van der Waals surface area contributed by atoms with Crippen molar-refractivity contribution in [3.8, 4) is 0 Å². The summed E-state index contributed by atoms with van der Waals surface area (Å²) in [5.41, 5.74) is 1.35. The Bertz CT molecular complexity index is 439. The molecule has 0 aromatic rings. The highest BCUT2D eigenvalue weighted by Gasteiger charge is 2.59. The monoisotopic (exact) mass is 315 g/mol. The van der Waals surface area contributed by atoms with Gasteiger partial charge in [0.25, 0.3) is 0 Å². The van der Waals surface area contributed by atoms with E-state index in [4.69, 9.17) is 0 Å². The molecule has 0 N–H and O–H groups in total. The summed E-state index contributed by atoms with van der Waals surface area (Å²) in [6.07, 6.45) is 17.9. The maximum atomic E-state index is 2.85. The molecule has 0 nitrogen and oxygen atoms in total. The molecule has 0 heterocycles. The number of hydrogen-bond acceptors (Lipinski definition) is 0. The Kier molecular flexibility index (Phi) is 4.13. The highest BCUT2D eigenvalue weighted by Crippen LogP contribution is 2.68. The zero-order valence-corrected chi connectivity index (χ0v) is 16.1. The van der Waals surface area contributed by atoms with Crippen molar-refractivity contribution in [1.29, 1.82) is 0 Å². The molecule has 4 rings (SSSR count). The molecule has 0 saturated heterocycles. The van der Waals surface area contributed by atoms with E-state index in [0.29, 0.717) is 10.8 Å². The van der Waals surface area contributed by atoms with Gasteiger partial charge in [-0.1, -0.05) is 47.0 Å². The molecule has 131 valence electrons. The first-order chi connectivity index (χ1) is 11.0. The molecule has 0 bridgehead atoms. The largest absolute Gasteiger partial charge is 0.0651 e. The molecule has 8 atom stereocenters. The average Bonchev–Trinajstić information content (AvgIpc) is 2.91. The standard InChI is InChI=1S/C23H39/c1-5-16(2)19-11-12-20-18-10-9-17-8-6-7-14-22(17,3)21(18)13-15-23(19,20)4/h10,16-21H,5-9,11-15H2,1-4H3/t16-,17?,18+,19-,20+,21+,22+,23-/m1/s1. The summed E-state index contributed by atoms with van der Waals surface area (Å²) in [6, 6.07) is 0. The molecule has 0 spiro atoms. The lowest BCUT2D eigenvalue weighted by atomic mass is 9.44. The minimum atomic E-state index is 0.658. The van der Waals surface area contributed by atoms with Gasteiger partial charge in [-0.2, -0.15) is 0 Å². The summed E-state index contributed by atoms with van der Waals surface area (Å²) in [5, 5.41) is 0. The molecule has 0 amide bonds. The highest BCUT2D eigenvalue weighted by molar-refractivity contribution is 5.13. The second-order valence-corrected chi connectivity index (χ2v) is 10.3. The fourth-order valence-electron chi connectivity index (χ4n) is 8.18. The van der Waals surface area contributed by atoms with E-state index in [-0.39, 0.29) is 0 Å². The fourth-order valence-corrected chi connectivity index (χ4v) is 8.18. The Morgan fingerprint density at radius 1 is 0.957 bits per heavy atom. The summed E-state index contributed by atoms with van der Waals surface area (Å²) in [7, 11) is 0. The summed E-state index contributed by atoms with van der Waals surface area (Å²) >= 11 is 0. The van der Waals surface area contributed by atoms with Crippen molar-refractivity contribution in [2.75, 3.05) is 0 Å². The van der Waals surface area contributed by atoms with Crippen LogP contribution in [0.4, 0.5) is 0 Å². The number of fused-ring (bicyclic) bond motifs is 5. The summed E-state index contributed by atoms with van der Waals surface area (Å²) in [4.78, 5) is 0. The van der Waals surface area contributed by atoms with E-state index in [1.165, 1.54) is 64.2 Å². The van der Waals surface area contributed by atoms with Gasteiger partial charge in [-0.15, -0.1) is 0 Å². The first-order valence-corrected chi connectivity index (χ1v) is 10.8. The van der Waals surface area contributed by atoms with E-state index in [1.54, 1.807) is 0 Å². The molecule has 1 radical (unpaired) electrons. The van der Waals surface area contributed by atoms with E-state index in [9.17, 15) is 0 Å². The van der Waals surface area contributed by atoms with Crippen molar-refractivity contribution in [3.05, 3.63) is 6.42 Å². The zero-order chi connectivity index (χ0) is 16.2. The van der Waals surface area contributed by atoms with Gasteiger partial charge in [-0.25, -0.2) is 0 Å². The van der Waals surface area contributed by atoms with Crippen LogP contribution in [-0.4, -0.2) is 0 Å². The SMILES string of the molecule is CC[C@@H](C)[C@H]1CC[C@H]2[C@@H]3[CH]CC4CCCC[C@]4(C)[C@H]3CC[C@]12C. The van der Waals surface area contributed by atoms with Crippen LogP contribution in [0.15, 0.2) is 0 Å². The molecule has 1 unspecified atom stereocenters. The summed E-state index contributed by atoms with van der Waals surface area (Å²) in [6.45, 7) is 10.3. The van der Waals surface area contributed by atoms with Crippen LogP contribution < -0.4 is 0 Å². The Balaban J connectivity index is 1.60. The average molecular weight is 316 g/mol. The fraction of sp³-hybridized carbons (Fsp3) is 0.957. The maximum absolute atomic E-state index is 2.85. The molecular weight excluding hydrogens is 276 g/mol. The summed E-state index contributed by atoms with van der Waals surface area (Å²) < 4.78 is 0. The van der Waals surface area contributed by atoms with Crippen LogP contribution in [0.25, 0.3) is 0 Å². The lowest BCUT2D eigenvalue weighted by Crippen LogP contribution is -2.53.